The van der Waals surface area contributed by atoms with Gasteiger partial charge in [0.25, 0.3) is 0 Å². The number of carbonyl (C=O) groups excluding carboxylic acids is 1. The molecule has 25 heavy (non-hydrogen) atoms. The quantitative estimate of drug-likeness (QED) is 0.842. The molecule has 0 saturated carbocycles. The minimum Gasteiger partial charge on any atom is -0.334 e. The lowest BCUT2D eigenvalue weighted by Gasteiger charge is -2.28. The number of aryl methyl sites for hydroxylation is 2. The van der Waals surface area contributed by atoms with Gasteiger partial charge < -0.3 is 9.47 Å². The van der Waals surface area contributed by atoms with Crippen molar-refractivity contribution < 1.29 is 4.79 Å². The number of rotatable bonds is 5. The number of nitrogens with zero attached hydrogens (tertiary/aromatic N) is 4. The van der Waals surface area contributed by atoms with Crippen molar-refractivity contribution in [1.82, 2.24) is 19.7 Å². The molecule has 0 spiro atoms. The van der Waals surface area contributed by atoms with Crippen molar-refractivity contribution >= 4 is 5.91 Å². The molecule has 5 heteroatoms. The predicted molar refractivity (Wildman–Crippen MR) is 96.1 cm³/mol. The van der Waals surface area contributed by atoms with Gasteiger partial charge in [0.1, 0.15) is 11.6 Å². The minimum atomic E-state index is 0.298. The first kappa shape index (κ1) is 16.3. The molecule has 0 N–H and O–H groups in total. The third-order valence-corrected chi connectivity index (χ3v) is 5.57. The molecule has 3 heterocycles. The minimum absolute atomic E-state index is 0.298. The third-order valence-electron chi connectivity index (χ3n) is 5.57. The Morgan fingerprint density at radius 3 is 2.72 bits per heavy atom. The number of aromatic nitrogens is 3. The van der Waals surface area contributed by atoms with E-state index in [1.54, 1.807) is 0 Å². The summed E-state index contributed by atoms with van der Waals surface area (Å²) in [5.41, 5.74) is 1.24. The van der Waals surface area contributed by atoms with E-state index >= 15 is 0 Å². The Bertz CT molecular complexity index is 739. The second-order valence-corrected chi connectivity index (χ2v) is 7.27. The van der Waals surface area contributed by atoms with Gasteiger partial charge in [-0.1, -0.05) is 37.3 Å². The molecule has 1 amide bonds. The Balaban J connectivity index is 1.47. The molecule has 5 nitrogen and oxygen atoms in total. The van der Waals surface area contributed by atoms with Gasteiger partial charge in [-0.2, -0.15) is 0 Å². The fourth-order valence-corrected chi connectivity index (χ4v) is 4.34. The van der Waals surface area contributed by atoms with Crippen molar-refractivity contribution in [1.29, 1.82) is 0 Å². The maximum Gasteiger partial charge on any atom is 0.223 e. The molecule has 1 aromatic carbocycles. The van der Waals surface area contributed by atoms with Crippen LogP contribution >= 0.6 is 0 Å². The maximum absolute atomic E-state index is 12.9. The van der Waals surface area contributed by atoms with Crippen LogP contribution in [0.25, 0.3) is 0 Å². The third kappa shape index (κ3) is 3.20. The molecule has 1 fully saturated rings. The number of benzene rings is 1. The maximum atomic E-state index is 12.9. The Hall–Kier alpha value is -2.17. The molecule has 2 bridgehead atoms. The second-order valence-electron chi connectivity index (χ2n) is 7.27. The van der Waals surface area contributed by atoms with Gasteiger partial charge >= 0.3 is 0 Å². The summed E-state index contributed by atoms with van der Waals surface area (Å²) in [6.07, 6.45) is 6.51. The van der Waals surface area contributed by atoms with Gasteiger partial charge in [-0.25, -0.2) is 0 Å². The highest BCUT2D eigenvalue weighted by Crippen LogP contribution is 2.32. The van der Waals surface area contributed by atoms with Gasteiger partial charge in [0, 0.05) is 31.8 Å². The highest BCUT2D eigenvalue weighted by atomic mass is 16.2. The van der Waals surface area contributed by atoms with Crippen LogP contribution in [-0.4, -0.2) is 37.7 Å². The predicted octanol–water partition coefficient (Wildman–Crippen LogP) is 2.78. The second kappa shape index (κ2) is 6.98. The Morgan fingerprint density at radius 1 is 1.12 bits per heavy atom. The summed E-state index contributed by atoms with van der Waals surface area (Å²) in [5, 5.41) is 8.80. The molecule has 132 valence electrons. The summed E-state index contributed by atoms with van der Waals surface area (Å²) in [4.78, 5) is 15.1. The first-order valence-electron chi connectivity index (χ1n) is 9.52. The van der Waals surface area contributed by atoms with E-state index in [1.165, 1.54) is 5.56 Å². The Labute approximate surface area is 149 Å². The zero-order chi connectivity index (χ0) is 17.2. The molecular weight excluding hydrogens is 312 g/mol. The highest BCUT2D eigenvalue weighted by Gasteiger charge is 2.40. The molecule has 2 atom stereocenters. The summed E-state index contributed by atoms with van der Waals surface area (Å²) >= 11 is 0. The molecule has 0 radical (unpaired) electrons. The standard InChI is InChI=1S/C20H26N4O/c1-2-6-18-21-22-19-13-16-10-11-17(14-23(18)19)24(16)20(25)12-9-15-7-4-3-5-8-15/h3-5,7-8,16-17H,2,6,9-14H2,1H3. The van der Waals surface area contributed by atoms with E-state index in [9.17, 15) is 4.79 Å². The van der Waals surface area contributed by atoms with Crippen LogP contribution in [0.3, 0.4) is 0 Å². The van der Waals surface area contributed by atoms with E-state index in [0.717, 1.165) is 56.7 Å². The van der Waals surface area contributed by atoms with Crippen molar-refractivity contribution in [3.05, 3.63) is 47.5 Å². The largest absolute Gasteiger partial charge is 0.334 e. The summed E-state index contributed by atoms with van der Waals surface area (Å²) in [6, 6.07) is 10.9. The molecule has 4 rings (SSSR count). The monoisotopic (exact) mass is 338 g/mol. The molecule has 2 aliphatic heterocycles. The molecular formula is C20H26N4O. The number of carbonyl (C=O) groups is 1. The number of hydrogen-bond acceptors (Lipinski definition) is 3. The van der Waals surface area contributed by atoms with Gasteiger partial charge in [0.15, 0.2) is 0 Å². The van der Waals surface area contributed by atoms with Crippen LogP contribution in [0.15, 0.2) is 30.3 Å². The molecule has 2 aromatic rings. The fourth-order valence-electron chi connectivity index (χ4n) is 4.34. The zero-order valence-electron chi connectivity index (χ0n) is 14.9. The summed E-state index contributed by atoms with van der Waals surface area (Å²) in [7, 11) is 0. The fraction of sp³-hybridized carbons (Fsp3) is 0.550. The van der Waals surface area contributed by atoms with E-state index in [4.69, 9.17) is 0 Å². The average Bonchev–Trinajstić information content (AvgIpc) is 3.14. The number of fused-ring (bicyclic) bond motifs is 3. The number of hydrogen-bond donors (Lipinski definition) is 0. The van der Waals surface area contributed by atoms with Crippen LogP contribution in [0.2, 0.25) is 0 Å². The van der Waals surface area contributed by atoms with Crippen molar-refractivity contribution in [2.45, 2.75) is 70.5 Å². The van der Waals surface area contributed by atoms with E-state index in [0.29, 0.717) is 24.4 Å². The van der Waals surface area contributed by atoms with Crippen molar-refractivity contribution in [3.63, 3.8) is 0 Å². The van der Waals surface area contributed by atoms with E-state index in [-0.39, 0.29) is 0 Å². The van der Waals surface area contributed by atoms with E-state index in [2.05, 4.69) is 38.7 Å². The van der Waals surface area contributed by atoms with Crippen LogP contribution < -0.4 is 0 Å². The van der Waals surface area contributed by atoms with Crippen LogP contribution in [0, 0.1) is 0 Å². The lowest BCUT2D eigenvalue weighted by Crippen LogP contribution is -2.42. The normalized spacial score (nSPS) is 21.9. The molecule has 1 aromatic heterocycles. The van der Waals surface area contributed by atoms with Crippen molar-refractivity contribution in [2.24, 2.45) is 0 Å². The van der Waals surface area contributed by atoms with Crippen LogP contribution in [-0.2, 0) is 30.6 Å². The summed E-state index contributed by atoms with van der Waals surface area (Å²) in [6.45, 7) is 3.04. The molecule has 2 unspecified atom stereocenters. The van der Waals surface area contributed by atoms with Crippen LogP contribution in [0.1, 0.15) is 49.8 Å². The Morgan fingerprint density at radius 2 is 1.92 bits per heavy atom. The zero-order valence-corrected chi connectivity index (χ0v) is 14.9. The van der Waals surface area contributed by atoms with Crippen molar-refractivity contribution in [2.75, 3.05) is 0 Å². The first-order chi connectivity index (χ1) is 12.3. The van der Waals surface area contributed by atoms with Gasteiger partial charge in [-0.3, -0.25) is 4.79 Å². The molecule has 1 saturated heterocycles. The molecule has 0 aliphatic carbocycles. The van der Waals surface area contributed by atoms with E-state index in [1.807, 2.05) is 18.2 Å². The average molecular weight is 338 g/mol. The lowest BCUT2D eigenvalue weighted by molar-refractivity contribution is -0.134. The van der Waals surface area contributed by atoms with E-state index < -0.39 is 0 Å². The van der Waals surface area contributed by atoms with Gasteiger partial charge in [-0.05, 0) is 31.2 Å². The van der Waals surface area contributed by atoms with Gasteiger partial charge in [-0.15, -0.1) is 10.2 Å². The Kier molecular flexibility index (Phi) is 4.55. The van der Waals surface area contributed by atoms with Gasteiger partial charge in [0.2, 0.25) is 5.91 Å². The smallest absolute Gasteiger partial charge is 0.223 e. The highest BCUT2D eigenvalue weighted by molar-refractivity contribution is 5.77. The SMILES string of the molecule is CCCc1nnc2n1CC1CCC(C2)N1C(=O)CCc1ccccc1. The number of amides is 1. The van der Waals surface area contributed by atoms with Gasteiger partial charge in [0.05, 0.1) is 6.04 Å². The summed E-state index contributed by atoms with van der Waals surface area (Å²) in [5.74, 6) is 2.45. The first-order valence-corrected chi connectivity index (χ1v) is 9.52. The van der Waals surface area contributed by atoms with Crippen LogP contribution in [0.4, 0.5) is 0 Å². The summed E-state index contributed by atoms with van der Waals surface area (Å²) < 4.78 is 2.28. The molecule has 2 aliphatic rings. The van der Waals surface area contributed by atoms with Crippen molar-refractivity contribution in [3.8, 4) is 0 Å². The van der Waals surface area contributed by atoms with Crippen LogP contribution in [0.5, 0.6) is 0 Å². The topological polar surface area (TPSA) is 51.0 Å². The lowest BCUT2D eigenvalue weighted by atomic mass is 10.1.